The molecule has 0 heterocycles. The average molecular weight is 210 g/mol. The van der Waals surface area contributed by atoms with Gasteiger partial charge in [0.05, 0.1) is 6.61 Å². The Labute approximate surface area is 88.1 Å². The maximum atomic E-state index is 12.9. The molecule has 3 aliphatic carbocycles. The van der Waals surface area contributed by atoms with E-state index in [0.717, 1.165) is 12.0 Å². The smallest absolute Gasteiger partial charge is 0.104 e. The third-order valence-electron chi connectivity index (χ3n) is 3.78. The van der Waals surface area contributed by atoms with Gasteiger partial charge >= 0.3 is 0 Å². The van der Waals surface area contributed by atoms with Crippen LogP contribution in [0.2, 0.25) is 0 Å². The van der Waals surface area contributed by atoms with Crippen LogP contribution in [0.25, 0.3) is 0 Å². The third-order valence-corrected chi connectivity index (χ3v) is 3.78. The summed E-state index contributed by atoms with van der Waals surface area (Å²) in [5.41, 5.74) is 3.81. The lowest BCUT2D eigenvalue weighted by molar-refractivity contribution is 0.0171. The third kappa shape index (κ3) is 1.48. The van der Waals surface area contributed by atoms with Crippen molar-refractivity contribution in [2.45, 2.75) is 25.1 Å². The van der Waals surface area contributed by atoms with E-state index >= 15 is 0 Å². The minimum atomic E-state index is -0.554. The molecule has 2 fully saturated rings. The van der Waals surface area contributed by atoms with E-state index in [4.69, 9.17) is 10.6 Å². The number of hydrogen-bond donors (Lipinski definition) is 2. The lowest BCUT2D eigenvalue weighted by Crippen LogP contribution is -2.31. The number of nitrogens with one attached hydrogen (secondary N) is 1. The van der Waals surface area contributed by atoms with Crippen molar-refractivity contribution in [1.29, 1.82) is 0 Å². The molecule has 0 amide bonds. The monoisotopic (exact) mass is 210 g/mol. The summed E-state index contributed by atoms with van der Waals surface area (Å²) in [6.45, 7) is 0.715. The van der Waals surface area contributed by atoms with Crippen LogP contribution in [-0.2, 0) is 4.74 Å². The maximum Gasteiger partial charge on any atom is 0.104 e. The number of halogens is 1. The number of ether oxygens (including phenoxy) is 1. The molecule has 0 aromatic rings. The molecule has 3 N–H and O–H groups in total. The number of hydrazine groups is 1. The summed E-state index contributed by atoms with van der Waals surface area (Å²) in [6.07, 6.45) is 6.93. The van der Waals surface area contributed by atoms with Gasteiger partial charge in [0, 0.05) is 11.6 Å². The molecule has 3 nitrogen and oxygen atoms in total. The van der Waals surface area contributed by atoms with E-state index in [1.807, 2.05) is 12.2 Å². The Morgan fingerprint density at radius 1 is 1.67 bits per heavy atom. The van der Waals surface area contributed by atoms with Crippen LogP contribution < -0.4 is 11.3 Å². The second kappa shape index (κ2) is 3.06. The largest absolute Gasteiger partial charge is 0.369 e. The molecular formula is C11H15FN2O. The molecule has 0 bridgehead atoms. The highest BCUT2D eigenvalue weighted by molar-refractivity contribution is 5.41. The molecule has 3 aliphatic rings. The highest BCUT2D eigenvalue weighted by Crippen LogP contribution is 2.68. The van der Waals surface area contributed by atoms with Gasteiger partial charge in [-0.05, 0) is 36.5 Å². The van der Waals surface area contributed by atoms with Crippen LogP contribution in [0.3, 0.4) is 0 Å². The zero-order valence-corrected chi connectivity index (χ0v) is 8.45. The first-order chi connectivity index (χ1) is 7.25. The van der Waals surface area contributed by atoms with Gasteiger partial charge in [-0.1, -0.05) is 0 Å². The molecule has 3 unspecified atom stereocenters. The molecule has 4 heteroatoms. The van der Waals surface area contributed by atoms with Crippen molar-refractivity contribution >= 4 is 0 Å². The van der Waals surface area contributed by atoms with E-state index in [-0.39, 0.29) is 11.5 Å². The first-order valence-electron chi connectivity index (χ1n) is 5.35. The molecule has 0 aromatic carbocycles. The first kappa shape index (κ1) is 9.36. The summed E-state index contributed by atoms with van der Waals surface area (Å²) in [4.78, 5) is 0. The van der Waals surface area contributed by atoms with Gasteiger partial charge in [-0.15, -0.1) is 0 Å². The molecule has 82 valence electrons. The van der Waals surface area contributed by atoms with Crippen LogP contribution in [0.1, 0.15) is 12.8 Å². The van der Waals surface area contributed by atoms with E-state index in [2.05, 4.69) is 5.43 Å². The molecule has 0 aliphatic heterocycles. The molecule has 2 saturated carbocycles. The van der Waals surface area contributed by atoms with Crippen molar-refractivity contribution in [3.8, 4) is 0 Å². The lowest BCUT2D eigenvalue weighted by Gasteiger charge is -2.28. The molecule has 15 heavy (non-hydrogen) atoms. The zero-order valence-electron chi connectivity index (χ0n) is 8.45. The molecule has 0 aromatic heterocycles. The quantitative estimate of drug-likeness (QED) is 0.526. The Morgan fingerprint density at radius 3 is 3.13 bits per heavy atom. The Hall–Kier alpha value is -0.870. The molecule has 3 rings (SSSR count). The first-order valence-corrected chi connectivity index (χ1v) is 5.35. The average Bonchev–Trinajstić information content (AvgIpc) is 3.08. The van der Waals surface area contributed by atoms with Gasteiger partial charge < -0.3 is 10.2 Å². The highest BCUT2D eigenvalue weighted by Gasteiger charge is 2.68. The molecule has 0 saturated heterocycles. The van der Waals surface area contributed by atoms with Crippen LogP contribution in [0.5, 0.6) is 0 Å². The second-order valence-electron chi connectivity index (χ2n) is 4.79. The van der Waals surface area contributed by atoms with Crippen LogP contribution >= 0.6 is 0 Å². The number of rotatable bonds is 5. The van der Waals surface area contributed by atoms with Crippen molar-refractivity contribution < 1.29 is 9.13 Å². The normalized spacial score (nSPS) is 45.7. The van der Waals surface area contributed by atoms with Gasteiger partial charge in [0.1, 0.15) is 12.3 Å². The van der Waals surface area contributed by atoms with Crippen molar-refractivity contribution in [2.24, 2.45) is 17.2 Å². The molecule has 4 atom stereocenters. The van der Waals surface area contributed by atoms with Crippen LogP contribution in [-0.4, -0.2) is 18.9 Å². The fourth-order valence-electron chi connectivity index (χ4n) is 2.54. The summed E-state index contributed by atoms with van der Waals surface area (Å²) in [6, 6.07) is 0. The summed E-state index contributed by atoms with van der Waals surface area (Å²) < 4.78 is 18.6. The predicted octanol–water partition coefficient (Wildman–Crippen LogP) is 1.04. The van der Waals surface area contributed by atoms with Gasteiger partial charge in [-0.25, -0.2) is 4.39 Å². The van der Waals surface area contributed by atoms with Gasteiger partial charge in [0.15, 0.2) is 0 Å². The number of nitrogens with two attached hydrogens (primary N) is 1. The van der Waals surface area contributed by atoms with Gasteiger partial charge in [0.25, 0.3) is 0 Å². The fourth-order valence-corrected chi connectivity index (χ4v) is 2.54. The Morgan fingerprint density at radius 2 is 2.53 bits per heavy atom. The minimum Gasteiger partial charge on any atom is -0.369 e. The van der Waals surface area contributed by atoms with Crippen LogP contribution in [0.4, 0.5) is 4.39 Å². The molecule has 0 radical (unpaired) electrons. The Balaban J connectivity index is 1.38. The van der Waals surface area contributed by atoms with Gasteiger partial charge in [-0.3, -0.25) is 5.84 Å². The summed E-state index contributed by atoms with van der Waals surface area (Å²) in [5.74, 6) is 5.41. The SMILES string of the molecule is NN/C=C\C1=CC1OCC12CC1[C@H](F)C2. The topological polar surface area (TPSA) is 47.3 Å². The lowest BCUT2D eigenvalue weighted by atomic mass is 9.84. The molecular weight excluding hydrogens is 195 g/mol. The summed E-state index contributed by atoms with van der Waals surface area (Å²) in [7, 11) is 0. The molecule has 0 spiro atoms. The number of hydrogen-bond acceptors (Lipinski definition) is 3. The summed E-state index contributed by atoms with van der Waals surface area (Å²) in [5, 5.41) is 0. The number of alkyl halides is 1. The number of fused-ring (bicyclic) bond motifs is 1. The zero-order chi connectivity index (χ0) is 10.5. The Kier molecular flexibility index (Phi) is 1.91. The van der Waals surface area contributed by atoms with E-state index in [1.165, 1.54) is 0 Å². The minimum absolute atomic E-state index is 0.142. The van der Waals surface area contributed by atoms with Crippen molar-refractivity contribution in [3.05, 3.63) is 23.9 Å². The fraction of sp³-hybridized carbons (Fsp3) is 0.636. The van der Waals surface area contributed by atoms with E-state index in [1.54, 1.807) is 6.20 Å². The standard InChI is InChI=1S/C11H15FN2O/c12-9-5-11(4-8(9)11)6-15-10-3-7(10)1-2-14-13/h1-3,8-10,14H,4-6,13H2/b2-1-/t8?,9-,10?,11?/m1/s1. The Bertz CT molecular complexity index is 341. The second-order valence-corrected chi connectivity index (χ2v) is 4.79. The van der Waals surface area contributed by atoms with Crippen molar-refractivity contribution in [2.75, 3.05) is 6.61 Å². The summed E-state index contributed by atoms with van der Waals surface area (Å²) >= 11 is 0. The van der Waals surface area contributed by atoms with Gasteiger partial charge in [-0.2, -0.15) is 0 Å². The maximum absolute atomic E-state index is 12.9. The van der Waals surface area contributed by atoms with E-state index in [0.29, 0.717) is 18.9 Å². The van der Waals surface area contributed by atoms with Gasteiger partial charge in [0.2, 0.25) is 0 Å². The van der Waals surface area contributed by atoms with Crippen molar-refractivity contribution in [1.82, 2.24) is 5.43 Å². The van der Waals surface area contributed by atoms with E-state index in [9.17, 15) is 4.39 Å². The van der Waals surface area contributed by atoms with Crippen molar-refractivity contribution in [3.63, 3.8) is 0 Å². The van der Waals surface area contributed by atoms with E-state index < -0.39 is 6.17 Å². The predicted molar refractivity (Wildman–Crippen MR) is 54.3 cm³/mol. The highest BCUT2D eigenvalue weighted by atomic mass is 19.1. The van der Waals surface area contributed by atoms with Crippen LogP contribution in [0, 0.1) is 11.3 Å². The van der Waals surface area contributed by atoms with Crippen LogP contribution in [0.15, 0.2) is 23.9 Å².